The van der Waals surface area contributed by atoms with Crippen molar-refractivity contribution in [2.24, 2.45) is 0 Å². The summed E-state index contributed by atoms with van der Waals surface area (Å²) in [4.78, 5) is 12.3. The molecule has 112 valence electrons. The van der Waals surface area contributed by atoms with E-state index >= 15 is 0 Å². The Morgan fingerprint density at radius 1 is 1.50 bits per heavy atom. The van der Waals surface area contributed by atoms with Crippen LogP contribution in [0.5, 0.6) is 5.75 Å². The Kier molecular flexibility index (Phi) is 3.79. The van der Waals surface area contributed by atoms with Crippen LogP contribution in [0.3, 0.4) is 0 Å². The van der Waals surface area contributed by atoms with Crippen molar-refractivity contribution < 1.29 is 9.53 Å². The van der Waals surface area contributed by atoms with Gasteiger partial charge in [-0.05, 0) is 18.6 Å². The molecule has 0 fully saturated rings. The largest absolute Gasteiger partial charge is 0.496 e. The third-order valence-corrected chi connectivity index (χ3v) is 3.73. The minimum Gasteiger partial charge on any atom is -0.496 e. The lowest BCUT2D eigenvalue weighted by Crippen LogP contribution is -2.31. The molecule has 1 unspecified atom stereocenters. The van der Waals surface area contributed by atoms with Crippen molar-refractivity contribution in [2.75, 3.05) is 13.7 Å². The van der Waals surface area contributed by atoms with Crippen LogP contribution in [0.4, 0.5) is 0 Å². The molecule has 1 atom stereocenters. The maximum Gasteiger partial charge on any atom is 0.243 e. The fraction of sp³-hybridized carbons (Fsp3) is 0.312. The van der Waals surface area contributed by atoms with Crippen LogP contribution >= 0.6 is 0 Å². The molecular formula is C16H16N4O2. The maximum absolute atomic E-state index is 12.3. The van der Waals surface area contributed by atoms with Gasteiger partial charge in [-0.25, -0.2) is 0 Å². The summed E-state index contributed by atoms with van der Waals surface area (Å²) in [7, 11) is 1.61. The standard InChI is InChI=1S/C16H16N4O2/c1-3-10-17-16(21)12-8-9-14-18-19-15(20(12)14)11-6-4-5-7-13(11)22-2/h1,4-7,12H,8-10H2,2H3,(H,17,21). The topological polar surface area (TPSA) is 69.0 Å². The number of carbonyl (C=O) groups excluding carboxylic acids is 1. The van der Waals surface area contributed by atoms with Crippen molar-refractivity contribution in [1.29, 1.82) is 0 Å². The second kappa shape index (κ2) is 5.90. The number of hydrogen-bond acceptors (Lipinski definition) is 4. The molecule has 2 heterocycles. The summed E-state index contributed by atoms with van der Waals surface area (Å²) < 4.78 is 7.26. The van der Waals surface area contributed by atoms with Crippen LogP contribution in [-0.2, 0) is 11.2 Å². The highest BCUT2D eigenvalue weighted by atomic mass is 16.5. The lowest BCUT2D eigenvalue weighted by molar-refractivity contribution is -0.123. The molecule has 6 nitrogen and oxygen atoms in total. The fourth-order valence-electron chi connectivity index (χ4n) is 2.73. The quantitative estimate of drug-likeness (QED) is 0.861. The first kappa shape index (κ1) is 14.1. The molecule has 6 heteroatoms. The highest BCUT2D eigenvalue weighted by Gasteiger charge is 2.33. The zero-order valence-electron chi connectivity index (χ0n) is 12.2. The van der Waals surface area contributed by atoms with E-state index in [0.29, 0.717) is 18.0 Å². The summed E-state index contributed by atoms with van der Waals surface area (Å²) in [6.45, 7) is 0.219. The number of benzene rings is 1. The van der Waals surface area contributed by atoms with Gasteiger partial charge in [0.25, 0.3) is 0 Å². The van der Waals surface area contributed by atoms with E-state index in [9.17, 15) is 4.79 Å². The van der Waals surface area contributed by atoms with E-state index in [1.807, 2.05) is 28.8 Å². The van der Waals surface area contributed by atoms with Gasteiger partial charge in [0.1, 0.15) is 17.6 Å². The van der Waals surface area contributed by atoms with Crippen molar-refractivity contribution >= 4 is 5.91 Å². The van der Waals surface area contributed by atoms with Gasteiger partial charge in [-0.15, -0.1) is 16.6 Å². The molecule has 0 saturated carbocycles. The number of ether oxygens (including phenoxy) is 1. The number of terminal acetylenes is 1. The molecule has 22 heavy (non-hydrogen) atoms. The second-order valence-electron chi connectivity index (χ2n) is 4.99. The number of amides is 1. The van der Waals surface area contributed by atoms with Crippen LogP contribution < -0.4 is 10.1 Å². The number of methoxy groups -OCH3 is 1. The van der Waals surface area contributed by atoms with E-state index in [2.05, 4.69) is 21.4 Å². The van der Waals surface area contributed by atoms with E-state index in [-0.39, 0.29) is 18.5 Å². The summed E-state index contributed by atoms with van der Waals surface area (Å²) >= 11 is 0. The fourth-order valence-corrected chi connectivity index (χ4v) is 2.73. The van der Waals surface area contributed by atoms with Gasteiger partial charge >= 0.3 is 0 Å². The van der Waals surface area contributed by atoms with Crippen molar-refractivity contribution in [3.05, 3.63) is 30.1 Å². The SMILES string of the molecule is C#CCNC(=O)C1CCc2nnc(-c3ccccc3OC)n21. The average Bonchev–Trinajstić information content (AvgIpc) is 3.14. The molecule has 1 aliphatic rings. The Balaban J connectivity index is 2.00. The van der Waals surface area contributed by atoms with E-state index < -0.39 is 0 Å². The normalized spacial score (nSPS) is 15.9. The Bertz CT molecular complexity index is 745. The van der Waals surface area contributed by atoms with Gasteiger partial charge in [0.05, 0.1) is 19.2 Å². The molecular weight excluding hydrogens is 280 g/mol. The number of nitrogens with one attached hydrogen (secondary N) is 1. The lowest BCUT2D eigenvalue weighted by atomic mass is 10.1. The Morgan fingerprint density at radius 2 is 2.32 bits per heavy atom. The molecule has 0 aliphatic carbocycles. The molecule has 0 saturated heterocycles. The second-order valence-corrected chi connectivity index (χ2v) is 4.99. The van der Waals surface area contributed by atoms with Crippen LogP contribution in [0.15, 0.2) is 24.3 Å². The summed E-state index contributed by atoms with van der Waals surface area (Å²) in [6, 6.07) is 7.23. The van der Waals surface area contributed by atoms with Gasteiger partial charge in [0, 0.05) is 6.42 Å². The average molecular weight is 296 g/mol. The molecule has 0 radical (unpaired) electrons. The van der Waals surface area contributed by atoms with Crippen molar-refractivity contribution in [3.8, 4) is 29.5 Å². The third-order valence-electron chi connectivity index (χ3n) is 3.73. The number of aryl methyl sites for hydroxylation is 1. The number of fused-ring (bicyclic) bond motifs is 1. The van der Waals surface area contributed by atoms with Crippen LogP contribution in [0.2, 0.25) is 0 Å². The number of carbonyl (C=O) groups is 1. The molecule has 1 aromatic heterocycles. The first-order valence-corrected chi connectivity index (χ1v) is 7.04. The number of nitrogens with zero attached hydrogens (tertiary/aromatic N) is 3. The molecule has 2 aromatic rings. The van der Waals surface area contributed by atoms with Crippen LogP contribution in [0.25, 0.3) is 11.4 Å². The van der Waals surface area contributed by atoms with Crippen molar-refractivity contribution in [1.82, 2.24) is 20.1 Å². The number of aromatic nitrogens is 3. The Labute approximate surface area is 128 Å². The monoisotopic (exact) mass is 296 g/mol. The van der Waals surface area contributed by atoms with Gasteiger partial charge in [-0.1, -0.05) is 18.1 Å². The molecule has 1 aliphatic heterocycles. The van der Waals surface area contributed by atoms with Gasteiger partial charge in [-0.3, -0.25) is 9.36 Å². The third kappa shape index (κ3) is 2.31. The van der Waals surface area contributed by atoms with Gasteiger partial charge < -0.3 is 10.1 Å². The lowest BCUT2D eigenvalue weighted by Gasteiger charge is -2.15. The summed E-state index contributed by atoms with van der Waals surface area (Å²) in [5, 5.41) is 11.2. The molecule has 1 aromatic carbocycles. The first-order valence-electron chi connectivity index (χ1n) is 7.04. The van der Waals surface area contributed by atoms with Gasteiger partial charge in [-0.2, -0.15) is 0 Å². The molecule has 1 N–H and O–H groups in total. The Morgan fingerprint density at radius 3 is 3.09 bits per heavy atom. The van der Waals surface area contributed by atoms with Crippen molar-refractivity contribution in [2.45, 2.75) is 18.9 Å². The number of hydrogen-bond donors (Lipinski definition) is 1. The number of rotatable bonds is 4. The highest BCUT2D eigenvalue weighted by Crippen LogP contribution is 2.35. The van der Waals surface area contributed by atoms with Crippen molar-refractivity contribution in [3.63, 3.8) is 0 Å². The van der Waals surface area contributed by atoms with Crippen LogP contribution in [0.1, 0.15) is 18.3 Å². The first-order chi connectivity index (χ1) is 10.8. The van der Waals surface area contributed by atoms with Gasteiger partial charge in [0.15, 0.2) is 5.82 Å². The van der Waals surface area contributed by atoms with Crippen LogP contribution in [-0.4, -0.2) is 34.3 Å². The number of para-hydroxylation sites is 1. The van der Waals surface area contributed by atoms with E-state index in [1.165, 1.54) is 0 Å². The summed E-state index contributed by atoms with van der Waals surface area (Å²) in [5.41, 5.74) is 0.820. The molecule has 1 amide bonds. The zero-order chi connectivity index (χ0) is 15.5. The van der Waals surface area contributed by atoms with E-state index in [0.717, 1.165) is 17.8 Å². The van der Waals surface area contributed by atoms with Crippen LogP contribution in [0, 0.1) is 12.3 Å². The minimum absolute atomic E-state index is 0.104. The zero-order valence-corrected chi connectivity index (χ0v) is 12.2. The molecule has 3 rings (SSSR count). The minimum atomic E-state index is -0.335. The molecule has 0 spiro atoms. The summed E-state index contributed by atoms with van der Waals surface area (Å²) in [6.07, 6.45) is 6.61. The maximum atomic E-state index is 12.3. The Hall–Kier alpha value is -2.81. The predicted molar refractivity (Wildman–Crippen MR) is 81.2 cm³/mol. The van der Waals surface area contributed by atoms with E-state index in [4.69, 9.17) is 11.2 Å². The smallest absolute Gasteiger partial charge is 0.243 e. The van der Waals surface area contributed by atoms with E-state index in [1.54, 1.807) is 7.11 Å². The molecule has 0 bridgehead atoms. The predicted octanol–water partition coefficient (Wildman–Crippen LogP) is 1.19. The highest BCUT2D eigenvalue weighted by molar-refractivity contribution is 5.82. The van der Waals surface area contributed by atoms with Gasteiger partial charge in [0.2, 0.25) is 5.91 Å². The summed E-state index contributed by atoms with van der Waals surface area (Å²) in [5.74, 6) is 4.46.